The van der Waals surface area contributed by atoms with E-state index in [9.17, 15) is 18.0 Å². The van der Waals surface area contributed by atoms with Crippen LogP contribution in [0.3, 0.4) is 0 Å². The molecule has 0 atom stereocenters. The summed E-state index contributed by atoms with van der Waals surface area (Å²) in [4.78, 5) is 21.6. The molecule has 1 amide bonds. The summed E-state index contributed by atoms with van der Waals surface area (Å²) in [6.45, 7) is -0.0295. The minimum absolute atomic E-state index is 0.0148. The molecule has 1 aliphatic rings. The first-order valence-electron chi connectivity index (χ1n) is 11.9. The molecule has 0 unspecified atom stereocenters. The number of aromatic nitrogens is 2. The van der Waals surface area contributed by atoms with Crippen molar-refractivity contribution in [3.63, 3.8) is 0 Å². The van der Waals surface area contributed by atoms with Crippen LogP contribution in [0.5, 0.6) is 17.2 Å². The number of likely N-dealkylation sites (tertiary alicyclic amines) is 1. The van der Waals surface area contributed by atoms with E-state index in [1.807, 2.05) is 24.3 Å². The van der Waals surface area contributed by atoms with Gasteiger partial charge in [-0.1, -0.05) is 18.2 Å². The summed E-state index contributed by atoms with van der Waals surface area (Å²) in [6.07, 6.45) is -2.58. The molecule has 2 heterocycles. The van der Waals surface area contributed by atoms with Gasteiger partial charge in [0.1, 0.15) is 11.6 Å². The second-order valence-corrected chi connectivity index (χ2v) is 8.56. The van der Waals surface area contributed by atoms with Crippen molar-refractivity contribution >= 4 is 23.4 Å². The molecule has 0 saturated carbocycles. The van der Waals surface area contributed by atoms with Crippen LogP contribution in [-0.2, 0) is 4.79 Å². The number of ether oxygens (including phenoxy) is 3. The highest BCUT2D eigenvalue weighted by Crippen LogP contribution is 2.36. The zero-order valence-corrected chi connectivity index (χ0v) is 21.1. The van der Waals surface area contributed by atoms with Gasteiger partial charge in [0.25, 0.3) is 0 Å². The lowest BCUT2D eigenvalue weighted by Crippen LogP contribution is -2.47. The lowest BCUT2D eigenvalue weighted by molar-refractivity contribution is -0.186. The first-order chi connectivity index (χ1) is 18.2. The monoisotopic (exact) mass is 531 g/mol. The van der Waals surface area contributed by atoms with Crippen molar-refractivity contribution in [1.29, 1.82) is 0 Å². The third-order valence-electron chi connectivity index (χ3n) is 6.20. The smallest absolute Gasteiger partial charge is 0.471 e. The summed E-state index contributed by atoms with van der Waals surface area (Å²) >= 11 is 0. The summed E-state index contributed by atoms with van der Waals surface area (Å²) < 4.78 is 54.7. The van der Waals surface area contributed by atoms with Gasteiger partial charge in [0.2, 0.25) is 5.95 Å². The molecule has 0 radical (unpaired) electrons. The zero-order valence-electron chi connectivity index (χ0n) is 21.1. The molecule has 0 spiro atoms. The van der Waals surface area contributed by atoms with Gasteiger partial charge in [0.15, 0.2) is 11.5 Å². The number of carbonyl (C=O) groups excluding carboxylic acids is 1. The van der Waals surface area contributed by atoms with E-state index in [1.165, 1.54) is 7.11 Å². The van der Waals surface area contributed by atoms with Crippen molar-refractivity contribution in [1.82, 2.24) is 14.9 Å². The molecule has 38 heavy (non-hydrogen) atoms. The Hall–Kier alpha value is -4.22. The van der Waals surface area contributed by atoms with Crippen LogP contribution in [0.15, 0.2) is 48.7 Å². The highest BCUT2D eigenvalue weighted by Gasteiger charge is 2.43. The van der Waals surface area contributed by atoms with Gasteiger partial charge in [-0.2, -0.15) is 18.2 Å². The molecule has 1 saturated heterocycles. The van der Waals surface area contributed by atoms with E-state index >= 15 is 0 Å². The maximum absolute atomic E-state index is 12.9. The third kappa shape index (κ3) is 6.01. The number of anilines is 3. The van der Waals surface area contributed by atoms with Crippen LogP contribution in [0, 0.1) is 0 Å². The summed E-state index contributed by atoms with van der Waals surface area (Å²) in [5.74, 6) is 0.647. The normalized spacial score (nSPS) is 14.1. The third-order valence-corrected chi connectivity index (χ3v) is 6.20. The van der Waals surface area contributed by atoms with Crippen LogP contribution < -0.4 is 24.8 Å². The van der Waals surface area contributed by atoms with E-state index in [1.54, 1.807) is 38.6 Å². The molecule has 1 aromatic heterocycles. The van der Waals surface area contributed by atoms with Gasteiger partial charge >= 0.3 is 12.1 Å². The van der Waals surface area contributed by atoms with E-state index in [-0.39, 0.29) is 19.1 Å². The van der Waals surface area contributed by atoms with E-state index in [0.29, 0.717) is 53.1 Å². The second-order valence-electron chi connectivity index (χ2n) is 8.56. The molecule has 9 nitrogen and oxygen atoms in total. The first kappa shape index (κ1) is 26.8. The maximum Gasteiger partial charge on any atom is 0.471 e. The number of para-hydroxylation sites is 2. The van der Waals surface area contributed by atoms with E-state index in [4.69, 9.17) is 14.2 Å². The molecule has 1 fully saturated rings. The lowest BCUT2D eigenvalue weighted by Gasteiger charge is -2.33. The fourth-order valence-corrected chi connectivity index (χ4v) is 4.24. The van der Waals surface area contributed by atoms with Crippen molar-refractivity contribution in [2.24, 2.45) is 0 Å². The fourth-order valence-electron chi connectivity index (χ4n) is 4.24. The van der Waals surface area contributed by atoms with Crippen LogP contribution in [0.1, 0.15) is 12.8 Å². The number of hydrogen-bond acceptors (Lipinski definition) is 8. The van der Waals surface area contributed by atoms with Gasteiger partial charge < -0.3 is 29.7 Å². The van der Waals surface area contributed by atoms with Gasteiger partial charge in [-0.3, -0.25) is 4.79 Å². The first-order valence-corrected chi connectivity index (χ1v) is 11.9. The number of rotatable bonds is 8. The van der Waals surface area contributed by atoms with Crippen LogP contribution in [0.2, 0.25) is 0 Å². The quantitative estimate of drug-likeness (QED) is 0.425. The topological polar surface area (TPSA) is 97.8 Å². The average Bonchev–Trinajstić information content (AvgIpc) is 2.92. The summed E-state index contributed by atoms with van der Waals surface area (Å²) in [5.41, 5.74) is 2.07. The van der Waals surface area contributed by atoms with E-state index in [2.05, 4.69) is 20.6 Å². The van der Waals surface area contributed by atoms with Crippen LogP contribution >= 0.6 is 0 Å². The standard InChI is InChI=1S/C26H28F3N5O4/c1-36-20-7-5-4-6-19(20)32-25-30-15-18(16-8-9-21(37-2)22(14-16)38-3)23(33-25)31-17-10-12-34(13-11-17)24(35)26(27,28)29/h4-9,14-15,17H,10-13H2,1-3H3,(H2,30,31,32,33). The number of carbonyl (C=O) groups is 1. The highest BCUT2D eigenvalue weighted by molar-refractivity contribution is 5.82. The molecule has 12 heteroatoms. The van der Waals surface area contributed by atoms with Crippen LogP contribution in [-0.4, -0.2) is 67.4 Å². The van der Waals surface area contributed by atoms with Gasteiger partial charge in [-0.25, -0.2) is 4.98 Å². The Balaban J connectivity index is 1.63. The van der Waals surface area contributed by atoms with Crippen molar-refractivity contribution in [3.8, 4) is 28.4 Å². The predicted octanol–water partition coefficient (Wildman–Crippen LogP) is 4.88. The predicted molar refractivity (Wildman–Crippen MR) is 136 cm³/mol. The Kier molecular flexibility index (Phi) is 8.08. The molecule has 2 N–H and O–H groups in total. The van der Waals surface area contributed by atoms with Crippen molar-refractivity contribution in [3.05, 3.63) is 48.7 Å². The lowest BCUT2D eigenvalue weighted by atomic mass is 10.0. The largest absolute Gasteiger partial charge is 0.495 e. The minimum atomic E-state index is -4.88. The molecular weight excluding hydrogens is 503 g/mol. The average molecular weight is 532 g/mol. The van der Waals surface area contributed by atoms with Crippen molar-refractivity contribution in [2.75, 3.05) is 45.1 Å². The van der Waals surface area contributed by atoms with Gasteiger partial charge in [0.05, 0.1) is 27.0 Å². The molecule has 0 bridgehead atoms. The summed E-state index contributed by atoms with van der Waals surface area (Å²) in [5, 5.41) is 6.50. The second kappa shape index (κ2) is 11.4. The Morgan fingerprint density at radius 1 is 0.974 bits per heavy atom. The minimum Gasteiger partial charge on any atom is -0.495 e. The number of alkyl halides is 3. The van der Waals surface area contributed by atoms with Crippen molar-refractivity contribution in [2.45, 2.75) is 25.1 Å². The van der Waals surface area contributed by atoms with Gasteiger partial charge in [-0.15, -0.1) is 0 Å². The molecule has 202 valence electrons. The molecule has 2 aromatic carbocycles. The molecule has 3 aromatic rings. The number of hydrogen-bond donors (Lipinski definition) is 2. The molecular formula is C26H28F3N5O4. The number of nitrogens with zero attached hydrogens (tertiary/aromatic N) is 3. The van der Waals surface area contributed by atoms with Crippen molar-refractivity contribution < 1.29 is 32.2 Å². The number of benzene rings is 2. The van der Waals surface area contributed by atoms with Crippen LogP contribution in [0.4, 0.5) is 30.6 Å². The van der Waals surface area contributed by atoms with Gasteiger partial charge in [-0.05, 0) is 42.7 Å². The maximum atomic E-state index is 12.9. The summed E-state index contributed by atoms with van der Waals surface area (Å²) in [6, 6.07) is 12.5. The van der Waals surface area contributed by atoms with Gasteiger partial charge in [0, 0.05) is 30.9 Å². The Bertz CT molecular complexity index is 1280. The SMILES string of the molecule is COc1ccccc1Nc1ncc(-c2ccc(OC)c(OC)c2)c(NC2CCN(C(=O)C(F)(F)F)CC2)n1. The number of nitrogens with one attached hydrogen (secondary N) is 2. The molecule has 1 aliphatic heterocycles. The Morgan fingerprint density at radius 2 is 1.66 bits per heavy atom. The highest BCUT2D eigenvalue weighted by atomic mass is 19.4. The molecule has 4 rings (SSSR count). The molecule has 0 aliphatic carbocycles. The number of halogens is 3. The Morgan fingerprint density at radius 3 is 2.32 bits per heavy atom. The summed E-state index contributed by atoms with van der Waals surface area (Å²) in [7, 11) is 4.64. The number of methoxy groups -OCH3 is 3. The van der Waals surface area contributed by atoms with E-state index in [0.717, 1.165) is 10.5 Å². The Labute approximate surface area is 217 Å². The fraction of sp³-hybridized carbons (Fsp3) is 0.346. The zero-order chi connectivity index (χ0) is 27.3. The number of amides is 1. The van der Waals surface area contributed by atoms with E-state index < -0.39 is 12.1 Å². The number of piperidine rings is 1. The van der Waals surface area contributed by atoms with Crippen LogP contribution in [0.25, 0.3) is 11.1 Å².